The summed E-state index contributed by atoms with van der Waals surface area (Å²) in [6.07, 6.45) is 3.33. The van der Waals surface area contributed by atoms with E-state index in [4.69, 9.17) is 5.26 Å². The van der Waals surface area contributed by atoms with Crippen LogP contribution in [0.1, 0.15) is 29.7 Å². The zero-order valence-electron chi connectivity index (χ0n) is 7.13. The predicted octanol–water partition coefficient (Wildman–Crippen LogP) is 3.00. The van der Waals surface area contributed by atoms with Crippen molar-refractivity contribution in [3.63, 3.8) is 0 Å². The molecule has 2 rings (SSSR count). The van der Waals surface area contributed by atoms with E-state index in [-0.39, 0.29) is 5.41 Å². The van der Waals surface area contributed by atoms with Crippen molar-refractivity contribution in [2.45, 2.75) is 31.6 Å². The molecular formula is C10H11NS. The van der Waals surface area contributed by atoms with Gasteiger partial charge in [-0.05, 0) is 43.2 Å². The molecule has 0 radical (unpaired) electrons. The van der Waals surface area contributed by atoms with E-state index in [9.17, 15) is 0 Å². The Hall–Kier alpha value is -0.810. The van der Waals surface area contributed by atoms with Crippen LogP contribution in [-0.2, 0) is 5.41 Å². The number of aryl methyl sites for hydroxylation is 1. The van der Waals surface area contributed by atoms with Gasteiger partial charge in [-0.15, -0.1) is 11.3 Å². The predicted molar refractivity (Wildman–Crippen MR) is 50.2 cm³/mol. The van der Waals surface area contributed by atoms with Crippen LogP contribution in [0.5, 0.6) is 0 Å². The fourth-order valence-electron chi connectivity index (χ4n) is 1.63. The van der Waals surface area contributed by atoms with E-state index in [0.29, 0.717) is 0 Å². The monoisotopic (exact) mass is 177 g/mol. The second-order valence-corrected chi connectivity index (χ2v) is 4.45. The minimum atomic E-state index is -0.0983. The van der Waals surface area contributed by atoms with Gasteiger partial charge in [0.05, 0.1) is 11.5 Å². The lowest BCUT2D eigenvalue weighted by Crippen LogP contribution is -2.31. The first-order valence-corrected chi connectivity index (χ1v) is 5.12. The highest BCUT2D eigenvalue weighted by Gasteiger charge is 2.39. The van der Waals surface area contributed by atoms with Gasteiger partial charge >= 0.3 is 0 Å². The van der Waals surface area contributed by atoms with Crippen LogP contribution in [-0.4, -0.2) is 0 Å². The zero-order valence-corrected chi connectivity index (χ0v) is 7.95. The highest BCUT2D eigenvalue weighted by atomic mass is 32.1. The SMILES string of the molecule is Cc1csc(C2(C#N)CCC2)c1. The molecule has 1 aliphatic rings. The zero-order chi connectivity index (χ0) is 8.60. The van der Waals surface area contributed by atoms with Crippen LogP contribution in [0.2, 0.25) is 0 Å². The lowest BCUT2D eigenvalue weighted by atomic mass is 9.69. The minimum absolute atomic E-state index is 0.0983. The van der Waals surface area contributed by atoms with Crippen molar-refractivity contribution in [3.8, 4) is 6.07 Å². The number of thiophene rings is 1. The molecule has 0 spiro atoms. The molecule has 0 atom stereocenters. The van der Waals surface area contributed by atoms with Crippen LogP contribution in [0.25, 0.3) is 0 Å². The molecule has 0 amide bonds. The van der Waals surface area contributed by atoms with Crippen LogP contribution in [0.15, 0.2) is 11.4 Å². The third-order valence-corrected chi connectivity index (χ3v) is 3.88. The molecule has 1 aliphatic carbocycles. The van der Waals surface area contributed by atoms with Crippen molar-refractivity contribution in [2.24, 2.45) is 0 Å². The highest BCUT2D eigenvalue weighted by Crippen LogP contribution is 2.45. The molecule has 1 saturated carbocycles. The highest BCUT2D eigenvalue weighted by molar-refractivity contribution is 7.10. The van der Waals surface area contributed by atoms with E-state index in [1.54, 1.807) is 11.3 Å². The quantitative estimate of drug-likeness (QED) is 0.647. The number of nitriles is 1. The number of rotatable bonds is 1. The van der Waals surface area contributed by atoms with E-state index in [2.05, 4.69) is 24.4 Å². The first-order valence-electron chi connectivity index (χ1n) is 4.24. The van der Waals surface area contributed by atoms with Gasteiger partial charge in [-0.25, -0.2) is 0 Å². The number of hydrogen-bond acceptors (Lipinski definition) is 2. The smallest absolute Gasteiger partial charge is 0.0914 e. The molecule has 62 valence electrons. The summed E-state index contributed by atoms with van der Waals surface area (Å²) in [6.45, 7) is 2.09. The summed E-state index contributed by atoms with van der Waals surface area (Å²) >= 11 is 1.73. The summed E-state index contributed by atoms with van der Waals surface area (Å²) in [5, 5.41) is 11.2. The Labute approximate surface area is 76.6 Å². The first-order chi connectivity index (χ1) is 5.77. The fraction of sp³-hybridized carbons (Fsp3) is 0.500. The Morgan fingerprint density at radius 3 is 2.67 bits per heavy atom. The topological polar surface area (TPSA) is 23.8 Å². The van der Waals surface area contributed by atoms with Gasteiger partial charge in [0, 0.05) is 4.88 Å². The molecule has 1 nitrogen and oxygen atoms in total. The summed E-state index contributed by atoms with van der Waals surface area (Å²) < 4.78 is 0. The van der Waals surface area contributed by atoms with E-state index in [1.165, 1.54) is 16.9 Å². The fourth-order valence-corrected chi connectivity index (χ4v) is 2.74. The van der Waals surface area contributed by atoms with Crippen molar-refractivity contribution in [2.75, 3.05) is 0 Å². The molecule has 0 saturated heterocycles. The average molecular weight is 177 g/mol. The maximum atomic E-state index is 9.06. The molecule has 1 aromatic rings. The third-order valence-electron chi connectivity index (χ3n) is 2.62. The van der Waals surface area contributed by atoms with Crippen LogP contribution < -0.4 is 0 Å². The average Bonchev–Trinajstić information content (AvgIpc) is 2.35. The molecule has 0 aromatic carbocycles. The standard InChI is InChI=1S/C10H11NS/c1-8-5-9(12-6-8)10(7-11)3-2-4-10/h5-6H,2-4H2,1H3. The van der Waals surface area contributed by atoms with Gasteiger partial charge in [-0.1, -0.05) is 0 Å². The summed E-state index contributed by atoms with van der Waals surface area (Å²) in [5.74, 6) is 0. The molecule has 1 heterocycles. The Morgan fingerprint density at radius 1 is 1.58 bits per heavy atom. The molecule has 1 fully saturated rings. The Morgan fingerprint density at radius 2 is 2.33 bits per heavy atom. The summed E-state index contributed by atoms with van der Waals surface area (Å²) in [5.41, 5.74) is 1.19. The van der Waals surface area contributed by atoms with Crippen molar-refractivity contribution in [3.05, 3.63) is 21.9 Å². The second kappa shape index (κ2) is 2.60. The Balaban J connectivity index is 2.35. The summed E-state index contributed by atoms with van der Waals surface area (Å²) in [4.78, 5) is 1.27. The minimum Gasteiger partial charge on any atom is -0.197 e. The summed E-state index contributed by atoms with van der Waals surface area (Å²) in [7, 11) is 0. The molecular weight excluding hydrogens is 166 g/mol. The maximum absolute atomic E-state index is 9.06. The molecule has 0 N–H and O–H groups in total. The van der Waals surface area contributed by atoms with Gasteiger partial charge in [-0.3, -0.25) is 0 Å². The Kier molecular flexibility index (Phi) is 1.69. The van der Waals surface area contributed by atoms with Gasteiger partial charge in [0.25, 0.3) is 0 Å². The lowest BCUT2D eigenvalue weighted by molar-refractivity contribution is 0.330. The van der Waals surface area contributed by atoms with Crippen LogP contribution >= 0.6 is 11.3 Å². The number of nitrogens with zero attached hydrogens (tertiary/aromatic N) is 1. The van der Waals surface area contributed by atoms with Gasteiger partial charge in [0.1, 0.15) is 0 Å². The normalized spacial score (nSPS) is 19.7. The molecule has 0 unspecified atom stereocenters. The number of hydrogen-bond donors (Lipinski definition) is 0. The largest absolute Gasteiger partial charge is 0.197 e. The molecule has 0 bridgehead atoms. The van der Waals surface area contributed by atoms with Crippen LogP contribution in [0.4, 0.5) is 0 Å². The van der Waals surface area contributed by atoms with E-state index >= 15 is 0 Å². The van der Waals surface area contributed by atoms with Crippen molar-refractivity contribution in [1.29, 1.82) is 5.26 Å². The molecule has 2 heteroatoms. The van der Waals surface area contributed by atoms with Crippen molar-refractivity contribution < 1.29 is 0 Å². The molecule has 1 aromatic heterocycles. The Bertz CT molecular complexity index is 328. The second-order valence-electron chi connectivity index (χ2n) is 3.54. The lowest BCUT2D eigenvalue weighted by Gasteiger charge is -2.34. The van der Waals surface area contributed by atoms with E-state index in [0.717, 1.165) is 12.8 Å². The molecule has 12 heavy (non-hydrogen) atoms. The first kappa shape index (κ1) is 7.82. The van der Waals surface area contributed by atoms with E-state index < -0.39 is 0 Å². The maximum Gasteiger partial charge on any atom is 0.0914 e. The van der Waals surface area contributed by atoms with Crippen LogP contribution in [0.3, 0.4) is 0 Å². The van der Waals surface area contributed by atoms with Crippen molar-refractivity contribution in [1.82, 2.24) is 0 Å². The van der Waals surface area contributed by atoms with Gasteiger partial charge in [0.2, 0.25) is 0 Å². The van der Waals surface area contributed by atoms with Gasteiger partial charge in [-0.2, -0.15) is 5.26 Å². The summed E-state index contributed by atoms with van der Waals surface area (Å²) in [6, 6.07) is 4.61. The van der Waals surface area contributed by atoms with Gasteiger partial charge < -0.3 is 0 Å². The van der Waals surface area contributed by atoms with Crippen molar-refractivity contribution >= 4 is 11.3 Å². The van der Waals surface area contributed by atoms with Gasteiger partial charge in [0.15, 0.2) is 0 Å². The van der Waals surface area contributed by atoms with E-state index in [1.807, 2.05) is 0 Å². The third kappa shape index (κ3) is 0.971. The molecule has 0 aliphatic heterocycles. The van der Waals surface area contributed by atoms with Crippen LogP contribution in [0, 0.1) is 18.3 Å².